The Labute approximate surface area is 171 Å². The second kappa shape index (κ2) is 7.13. The van der Waals surface area contributed by atoms with Crippen molar-refractivity contribution < 1.29 is 14.9 Å². The monoisotopic (exact) mass is 414 g/mol. The fraction of sp³-hybridized carbons (Fsp3) is 0.286. The van der Waals surface area contributed by atoms with Crippen LogP contribution in [0.5, 0.6) is 5.75 Å². The van der Waals surface area contributed by atoms with E-state index < -0.39 is 6.29 Å². The molecule has 28 heavy (non-hydrogen) atoms. The lowest BCUT2D eigenvalue weighted by Crippen LogP contribution is -2.23. The van der Waals surface area contributed by atoms with E-state index in [2.05, 4.69) is 16.0 Å². The summed E-state index contributed by atoms with van der Waals surface area (Å²) in [5, 5.41) is 21.6. The molecule has 0 bridgehead atoms. The molecule has 3 heterocycles. The quantitative estimate of drug-likeness (QED) is 0.683. The Kier molecular flexibility index (Phi) is 4.61. The number of aromatic nitrogens is 1. The summed E-state index contributed by atoms with van der Waals surface area (Å²) in [5.74, 6) is 0.660. The van der Waals surface area contributed by atoms with Gasteiger partial charge in [0.1, 0.15) is 16.3 Å². The van der Waals surface area contributed by atoms with Gasteiger partial charge in [-0.1, -0.05) is 29.8 Å². The van der Waals surface area contributed by atoms with Crippen LogP contribution in [-0.4, -0.2) is 45.6 Å². The summed E-state index contributed by atoms with van der Waals surface area (Å²) >= 11 is 7.72. The van der Waals surface area contributed by atoms with Gasteiger partial charge in [-0.15, -0.1) is 11.3 Å². The van der Waals surface area contributed by atoms with Crippen LogP contribution in [0.3, 0.4) is 0 Å². The van der Waals surface area contributed by atoms with Gasteiger partial charge in [0, 0.05) is 25.2 Å². The molecule has 2 aromatic carbocycles. The number of halogens is 1. The van der Waals surface area contributed by atoms with Gasteiger partial charge in [0.15, 0.2) is 0 Å². The Morgan fingerprint density at radius 1 is 1.25 bits per heavy atom. The Hall–Kier alpha value is -1.96. The molecule has 2 aliphatic rings. The first-order chi connectivity index (χ1) is 13.6. The van der Waals surface area contributed by atoms with E-state index in [0.29, 0.717) is 27.9 Å². The molecule has 0 spiro atoms. The number of rotatable bonds is 3. The smallest absolute Gasteiger partial charge is 0.227 e. The molecule has 2 aliphatic heterocycles. The van der Waals surface area contributed by atoms with E-state index >= 15 is 0 Å². The highest BCUT2D eigenvalue weighted by molar-refractivity contribution is 7.19. The molecule has 0 aliphatic carbocycles. The standard InChI is InChI=1S/C21H19ClN2O3S/c22-16-2-1-3-18-19(16)23-20(28-18)15-9-13-5-4-12(8-17(13)27-21(15)26)10-24-7-6-14(25)11-24/h1-5,8-9,14,21,25-26H,6-7,10-11H2. The maximum absolute atomic E-state index is 10.6. The van der Waals surface area contributed by atoms with Gasteiger partial charge in [0.05, 0.1) is 21.4 Å². The lowest BCUT2D eigenvalue weighted by molar-refractivity contribution is 0.0319. The molecule has 7 heteroatoms. The minimum atomic E-state index is -1.07. The van der Waals surface area contributed by atoms with Gasteiger partial charge in [0.25, 0.3) is 0 Å². The van der Waals surface area contributed by atoms with Crippen LogP contribution in [0.1, 0.15) is 22.6 Å². The number of nitrogens with zero attached hydrogens (tertiary/aromatic N) is 2. The number of β-amino-alcohol motifs (C(OH)–C–C–N with tert-alkyl or cyclic N) is 1. The summed E-state index contributed by atoms with van der Waals surface area (Å²) in [4.78, 5) is 6.82. The molecular formula is C21H19ClN2O3S. The highest BCUT2D eigenvalue weighted by Crippen LogP contribution is 2.38. The van der Waals surface area contributed by atoms with Crippen molar-refractivity contribution in [3.8, 4) is 5.75 Å². The van der Waals surface area contributed by atoms with Crippen LogP contribution >= 0.6 is 22.9 Å². The maximum atomic E-state index is 10.6. The van der Waals surface area contributed by atoms with Gasteiger partial charge in [-0.2, -0.15) is 0 Å². The number of hydrogen-bond acceptors (Lipinski definition) is 6. The zero-order valence-corrected chi connectivity index (χ0v) is 16.6. The number of aliphatic hydroxyl groups is 2. The Balaban J connectivity index is 1.45. The zero-order valence-electron chi connectivity index (χ0n) is 15.0. The maximum Gasteiger partial charge on any atom is 0.227 e. The first-order valence-electron chi connectivity index (χ1n) is 9.22. The van der Waals surface area contributed by atoms with E-state index in [0.717, 1.165) is 40.9 Å². The number of aliphatic hydroxyl groups excluding tert-OH is 2. The van der Waals surface area contributed by atoms with Crippen LogP contribution < -0.4 is 4.74 Å². The number of hydrogen-bond donors (Lipinski definition) is 2. The minimum absolute atomic E-state index is 0.233. The van der Waals surface area contributed by atoms with Crippen LogP contribution in [0, 0.1) is 0 Å². The molecule has 144 valence electrons. The topological polar surface area (TPSA) is 65.8 Å². The van der Waals surface area contributed by atoms with Crippen molar-refractivity contribution in [2.75, 3.05) is 13.1 Å². The highest BCUT2D eigenvalue weighted by atomic mass is 35.5. The molecule has 0 amide bonds. The van der Waals surface area contributed by atoms with E-state index in [4.69, 9.17) is 16.3 Å². The molecule has 1 aromatic heterocycles. The predicted octanol–water partition coefficient (Wildman–Crippen LogP) is 3.77. The molecule has 2 N–H and O–H groups in total. The summed E-state index contributed by atoms with van der Waals surface area (Å²) in [5.41, 5.74) is 3.39. The van der Waals surface area contributed by atoms with Gasteiger partial charge in [-0.3, -0.25) is 4.90 Å². The predicted molar refractivity (Wildman–Crippen MR) is 111 cm³/mol. The molecule has 3 aromatic rings. The van der Waals surface area contributed by atoms with Crippen molar-refractivity contribution in [3.63, 3.8) is 0 Å². The summed E-state index contributed by atoms with van der Waals surface area (Å²) in [6.45, 7) is 2.35. The molecule has 2 unspecified atom stereocenters. The van der Waals surface area contributed by atoms with E-state index in [-0.39, 0.29) is 6.10 Å². The second-order valence-electron chi connectivity index (χ2n) is 7.23. The van der Waals surface area contributed by atoms with Gasteiger partial charge in [-0.25, -0.2) is 4.98 Å². The summed E-state index contributed by atoms with van der Waals surface area (Å²) in [6.07, 6.45) is 1.44. The van der Waals surface area contributed by atoms with Crippen molar-refractivity contribution in [1.82, 2.24) is 9.88 Å². The number of benzene rings is 2. The number of ether oxygens (including phenoxy) is 1. The average Bonchev–Trinajstić information content (AvgIpc) is 3.28. The third-order valence-electron chi connectivity index (χ3n) is 5.16. The number of likely N-dealkylation sites (tertiary alicyclic amines) is 1. The molecule has 0 radical (unpaired) electrons. The molecule has 1 fully saturated rings. The Morgan fingerprint density at radius 2 is 2.14 bits per heavy atom. The lowest BCUT2D eigenvalue weighted by Gasteiger charge is -2.23. The average molecular weight is 415 g/mol. The van der Waals surface area contributed by atoms with Crippen LogP contribution in [-0.2, 0) is 6.54 Å². The van der Waals surface area contributed by atoms with Gasteiger partial charge >= 0.3 is 0 Å². The third kappa shape index (κ3) is 3.32. The fourth-order valence-corrected chi connectivity index (χ4v) is 5.04. The summed E-state index contributed by atoms with van der Waals surface area (Å²) in [6, 6.07) is 11.7. The van der Waals surface area contributed by atoms with Gasteiger partial charge in [0.2, 0.25) is 6.29 Å². The Morgan fingerprint density at radius 3 is 2.93 bits per heavy atom. The zero-order chi connectivity index (χ0) is 19.3. The Bertz CT molecular complexity index is 1080. The molecular weight excluding hydrogens is 396 g/mol. The van der Waals surface area contributed by atoms with E-state index in [1.807, 2.05) is 36.4 Å². The van der Waals surface area contributed by atoms with Crippen LogP contribution in [0.25, 0.3) is 21.9 Å². The summed E-state index contributed by atoms with van der Waals surface area (Å²) < 4.78 is 6.78. The first kappa shape index (κ1) is 18.1. The summed E-state index contributed by atoms with van der Waals surface area (Å²) in [7, 11) is 0. The van der Waals surface area contributed by atoms with Crippen LogP contribution in [0.15, 0.2) is 36.4 Å². The van der Waals surface area contributed by atoms with Crippen molar-refractivity contribution in [2.45, 2.75) is 25.4 Å². The molecule has 2 atom stereocenters. The van der Waals surface area contributed by atoms with Gasteiger partial charge < -0.3 is 14.9 Å². The highest BCUT2D eigenvalue weighted by Gasteiger charge is 2.26. The molecule has 5 nitrogen and oxygen atoms in total. The van der Waals surface area contributed by atoms with E-state index in [1.54, 1.807) is 0 Å². The van der Waals surface area contributed by atoms with E-state index in [9.17, 15) is 10.2 Å². The lowest BCUT2D eigenvalue weighted by atomic mass is 10.0. The van der Waals surface area contributed by atoms with Crippen molar-refractivity contribution in [1.29, 1.82) is 0 Å². The van der Waals surface area contributed by atoms with Crippen molar-refractivity contribution >= 4 is 44.8 Å². The van der Waals surface area contributed by atoms with Gasteiger partial charge in [-0.05, 0) is 36.3 Å². The van der Waals surface area contributed by atoms with Crippen molar-refractivity contribution in [3.05, 3.63) is 57.6 Å². The number of para-hydroxylation sites is 1. The van der Waals surface area contributed by atoms with E-state index in [1.165, 1.54) is 11.3 Å². The normalized spacial score (nSPS) is 22.2. The largest absolute Gasteiger partial charge is 0.460 e. The fourth-order valence-electron chi connectivity index (χ4n) is 3.74. The number of fused-ring (bicyclic) bond motifs is 2. The minimum Gasteiger partial charge on any atom is -0.460 e. The van der Waals surface area contributed by atoms with Crippen LogP contribution in [0.2, 0.25) is 5.02 Å². The third-order valence-corrected chi connectivity index (χ3v) is 6.54. The second-order valence-corrected chi connectivity index (χ2v) is 8.66. The first-order valence-corrected chi connectivity index (χ1v) is 10.4. The number of thiazole rings is 1. The molecule has 5 rings (SSSR count). The van der Waals surface area contributed by atoms with Crippen LogP contribution in [0.4, 0.5) is 0 Å². The molecule has 1 saturated heterocycles. The SMILES string of the molecule is OC1CCN(Cc2ccc3c(c2)OC(O)C(c2nc4c(Cl)cccc4s2)=C3)C1. The van der Waals surface area contributed by atoms with Crippen molar-refractivity contribution in [2.24, 2.45) is 0 Å². The molecule has 0 saturated carbocycles.